The van der Waals surface area contributed by atoms with Crippen molar-refractivity contribution in [3.63, 3.8) is 0 Å². The Hall–Kier alpha value is -1.95. The first kappa shape index (κ1) is 10.6. The summed E-state index contributed by atoms with van der Waals surface area (Å²) in [5.74, 6) is 0.211. The number of carbonyl (C=O) groups excluding carboxylic acids is 1. The number of aromatic nitrogens is 2. The highest BCUT2D eigenvalue weighted by Crippen LogP contribution is 2.23. The van der Waals surface area contributed by atoms with Crippen LogP contribution in [0.3, 0.4) is 0 Å². The van der Waals surface area contributed by atoms with Crippen molar-refractivity contribution in [3.05, 3.63) is 34.2 Å². The molecule has 2 aromatic rings. The highest BCUT2D eigenvalue weighted by molar-refractivity contribution is 7.14. The lowest BCUT2D eigenvalue weighted by Crippen LogP contribution is -2.11. The molecule has 0 atom stereocenters. The fourth-order valence-corrected chi connectivity index (χ4v) is 1.99. The molecule has 0 fully saturated rings. The summed E-state index contributed by atoms with van der Waals surface area (Å²) < 4.78 is 0. The van der Waals surface area contributed by atoms with Gasteiger partial charge in [0.25, 0.3) is 5.91 Å². The maximum Gasteiger partial charge on any atom is 0.267 e. The number of rotatable bonds is 2. The molecule has 3 N–H and O–H groups in total. The van der Waals surface area contributed by atoms with Crippen molar-refractivity contribution in [2.45, 2.75) is 6.92 Å². The van der Waals surface area contributed by atoms with Gasteiger partial charge in [0, 0.05) is 16.8 Å². The van der Waals surface area contributed by atoms with Gasteiger partial charge in [-0.15, -0.1) is 16.4 Å². The van der Waals surface area contributed by atoms with Crippen LogP contribution in [0.5, 0.6) is 0 Å². The number of anilines is 2. The van der Waals surface area contributed by atoms with Crippen LogP contribution in [0.4, 0.5) is 11.5 Å². The predicted octanol–water partition coefficient (Wildman–Crippen LogP) is 1.68. The molecule has 5 nitrogen and oxygen atoms in total. The van der Waals surface area contributed by atoms with E-state index in [0.717, 1.165) is 4.88 Å². The molecule has 6 heteroatoms. The summed E-state index contributed by atoms with van der Waals surface area (Å²) in [4.78, 5) is 13.3. The molecule has 0 aliphatic heterocycles. The predicted molar refractivity (Wildman–Crippen MR) is 63.5 cm³/mol. The van der Waals surface area contributed by atoms with Crippen LogP contribution in [0.1, 0.15) is 14.5 Å². The quantitative estimate of drug-likeness (QED) is 0.828. The van der Waals surface area contributed by atoms with Gasteiger partial charge in [-0.1, -0.05) is 0 Å². The third kappa shape index (κ3) is 2.17. The van der Waals surface area contributed by atoms with Gasteiger partial charge in [-0.3, -0.25) is 4.79 Å². The number of nitrogens with two attached hydrogens (primary N) is 1. The highest BCUT2D eigenvalue weighted by Gasteiger charge is 2.11. The zero-order valence-corrected chi connectivity index (χ0v) is 9.41. The zero-order chi connectivity index (χ0) is 11.5. The van der Waals surface area contributed by atoms with Gasteiger partial charge in [-0.05, 0) is 25.1 Å². The van der Waals surface area contributed by atoms with Crippen molar-refractivity contribution in [1.82, 2.24) is 10.2 Å². The lowest BCUT2D eigenvalue weighted by atomic mass is 10.3. The van der Waals surface area contributed by atoms with Gasteiger partial charge in [-0.25, -0.2) is 0 Å². The van der Waals surface area contributed by atoms with Crippen LogP contribution >= 0.6 is 11.3 Å². The van der Waals surface area contributed by atoms with Crippen LogP contribution in [0.25, 0.3) is 0 Å². The topological polar surface area (TPSA) is 80.9 Å². The van der Waals surface area contributed by atoms with E-state index in [1.165, 1.54) is 11.3 Å². The first-order valence-electron chi connectivity index (χ1n) is 4.62. The van der Waals surface area contributed by atoms with E-state index in [4.69, 9.17) is 5.73 Å². The van der Waals surface area contributed by atoms with Gasteiger partial charge in [-0.2, -0.15) is 5.10 Å². The van der Waals surface area contributed by atoms with Crippen LogP contribution in [0, 0.1) is 6.92 Å². The Bertz CT molecular complexity index is 489. The molecule has 2 rings (SSSR count). The number of nitrogen functional groups attached to an aromatic ring is 1. The average molecular weight is 234 g/mol. The second-order valence-electron chi connectivity index (χ2n) is 3.19. The smallest absolute Gasteiger partial charge is 0.267 e. The summed E-state index contributed by atoms with van der Waals surface area (Å²) in [6.07, 6.45) is 1.54. The molecule has 0 unspecified atom stereocenters. The molecule has 0 saturated carbocycles. The van der Waals surface area contributed by atoms with E-state index in [9.17, 15) is 4.79 Å². The minimum atomic E-state index is -0.217. The number of aryl methyl sites for hydroxylation is 1. The lowest BCUT2D eigenvalue weighted by Gasteiger charge is -1.99. The Morgan fingerprint density at radius 3 is 2.94 bits per heavy atom. The molecule has 0 spiro atoms. The van der Waals surface area contributed by atoms with Crippen LogP contribution < -0.4 is 11.1 Å². The van der Waals surface area contributed by atoms with Gasteiger partial charge >= 0.3 is 0 Å². The number of hydrogen-bond acceptors (Lipinski definition) is 5. The molecule has 2 aromatic heterocycles. The van der Waals surface area contributed by atoms with Crippen molar-refractivity contribution in [2.75, 3.05) is 11.1 Å². The highest BCUT2D eigenvalue weighted by atomic mass is 32.1. The third-order valence-electron chi connectivity index (χ3n) is 1.99. The van der Waals surface area contributed by atoms with Crippen LogP contribution in [0.15, 0.2) is 24.4 Å². The first-order chi connectivity index (χ1) is 7.66. The summed E-state index contributed by atoms with van der Waals surface area (Å²) in [6, 6.07) is 5.04. The largest absolute Gasteiger partial charge is 0.398 e. The first-order valence-corrected chi connectivity index (χ1v) is 5.43. The molecule has 0 aliphatic carbocycles. The van der Waals surface area contributed by atoms with Crippen molar-refractivity contribution in [2.24, 2.45) is 0 Å². The Kier molecular flexibility index (Phi) is 2.82. The summed E-state index contributed by atoms with van der Waals surface area (Å²) >= 11 is 1.36. The molecule has 82 valence electrons. The summed E-state index contributed by atoms with van der Waals surface area (Å²) in [5, 5.41) is 10.1. The standard InChI is InChI=1S/C10H10N4OS/c1-6-7(11)5-8(16-6)10(15)13-9-3-2-4-12-14-9/h2-5H,11H2,1H3,(H,13,14,15). The number of thiophene rings is 1. The average Bonchev–Trinajstić information content (AvgIpc) is 2.61. The summed E-state index contributed by atoms with van der Waals surface area (Å²) in [7, 11) is 0. The Balaban J connectivity index is 2.15. The van der Waals surface area contributed by atoms with E-state index in [2.05, 4.69) is 15.5 Å². The van der Waals surface area contributed by atoms with E-state index in [1.807, 2.05) is 6.92 Å². The normalized spacial score (nSPS) is 10.1. The van der Waals surface area contributed by atoms with E-state index in [-0.39, 0.29) is 5.91 Å². The zero-order valence-electron chi connectivity index (χ0n) is 8.60. The SMILES string of the molecule is Cc1sc(C(=O)Nc2cccnn2)cc1N. The van der Waals surface area contributed by atoms with E-state index < -0.39 is 0 Å². The van der Waals surface area contributed by atoms with E-state index >= 15 is 0 Å². The van der Waals surface area contributed by atoms with Gasteiger partial charge in [0.1, 0.15) is 0 Å². The monoisotopic (exact) mass is 234 g/mol. The molecule has 16 heavy (non-hydrogen) atoms. The number of hydrogen-bond donors (Lipinski definition) is 2. The lowest BCUT2D eigenvalue weighted by molar-refractivity contribution is 0.103. The molecule has 2 heterocycles. The second-order valence-corrected chi connectivity index (χ2v) is 4.44. The third-order valence-corrected chi connectivity index (χ3v) is 3.06. The second kappa shape index (κ2) is 4.28. The van der Waals surface area contributed by atoms with Gasteiger partial charge in [0.05, 0.1) is 4.88 Å². The van der Waals surface area contributed by atoms with Crippen molar-refractivity contribution >= 4 is 28.7 Å². The molecular weight excluding hydrogens is 224 g/mol. The maximum absolute atomic E-state index is 11.8. The fraction of sp³-hybridized carbons (Fsp3) is 0.100. The Morgan fingerprint density at radius 2 is 2.38 bits per heavy atom. The molecule has 0 aromatic carbocycles. The number of nitrogens with zero attached hydrogens (tertiary/aromatic N) is 2. The van der Waals surface area contributed by atoms with Crippen molar-refractivity contribution in [3.8, 4) is 0 Å². The van der Waals surface area contributed by atoms with Crippen molar-refractivity contribution < 1.29 is 4.79 Å². The molecule has 0 aliphatic rings. The van der Waals surface area contributed by atoms with Crippen LogP contribution in [-0.4, -0.2) is 16.1 Å². The number of nitrogens with one attached hydrogen (secondary N) is 1. The molecule has 0 radical (unpaired) electrons. The number of amides is 1. The minimum Gasteiger partial charge on any atom is -0.398 e. The molecule has 0 bridgehead atoms. The minimum absolute atomic E-state index is 0.217. The van der Waals surface area contributed by atoms with Gasteiger partial charge in [0.15, 0.2) is 5.82 Å². The van der Waals surface area contributed by atoms with E-state index in [0.29, 0.717) is 16.4 Å². The van der Waals surface area contributed by atoms with E-state index in [1.54, 1.807) is 24.4 Å². The molecule has 0 saturated heterocycles. The van der Waals surface area contributed by atoms with Crippen LogP contribution in [0.2, 0.25) is 0 Å². The molecular formula is C10H10N4OS. The summed E-state index contributed by atoms with van der Waals surface area (Å²) in [6.45, 7) is 1.87. The fourth-order valence-electron chi connectivity index (χ4n) is 1.15. The van der Waals surface area contributed by atoms with Crippen molar-refractivity contribution in [1.29, 1.82) is 0 Å². The molecule has 1 amide bonds. The van der Waals surface area contributed by atoms with Crippen LogP contribution in [-0.2, 0) is 0 Å². The number of carbonyl (C=O) groups is 1. The van der Waals surface area contributed by atoms with Gasteiger partial charge in [0.2, 0.25) is 0 Å². The Labute approximate surface area is 96.3 Å². The van der Waals surface area contributed by atoms with Gasteiger partial charge < -0.3 is 11.1 Å². The summed E-state index contributed by atoms with van der Waals surface area (Å²) in [5.41, 5.74) is 6.31. The maximum atomic E-state index is 11.8. The Morgan fingerprint density at radius 1 is 1.56 bits per heavy atom.